The van der Waals surface area contributed by atoms with Gasteiger partial charge in [-0.05, 0) is 43.5 Å². The van der Waals surface area contributed by atoms with Gasteiger partial charge in [-0.2, -0.15) is 0 Å². The molecule has 0 bridgehead atoms. The smallest absolute Gasteiger partial charge is 0.335 e. The van der Waals surface area contributed by atoms with Crippen LogP contribution in [0.5, 0.6) is 0 Å². The second-order valence-corrected chi connectivity index (χ2v) is 8.15. The molecule has 0 aliphatic heterocycles. The summed E-state index contributed by atoms with van der Waals surface area (Å²) < 4.78 is 2.41. The first-order valence-corrected chi connectivity index (χ1v) is 11.5. The van der Waals surface area contributed by atoms with E-state index in [1.807, 2.05) is 12.1 Å². The van der Waals surface area contributed by atoms with Crippen molar-refractivity contribution < 1.29 is 9.90 Å². The fraction of sp³-hybridized carbons (Fsp3) is 0.640. The number of rotatable bonds is 15. The number of benzene rings is 1. The Morgan fingerprint density at radius 2 is 1.43 bits per heavy atom. The summed E-state index contributed by atoms with van der Waals surface area (Å²) in [4.78, 5) is 11.3. The van der Waals surface area contributed by atoms with Crippen LogP contribution in [-0.4, -0.2) is 15.6 Å². The molecule has 0 atom stereocenters. The van der Waals surface area contributed by atoms with Gasteiger partial charge in [-0.3, -0.25) is 0 Å². The Balaban J connectivity index is 1.84. The standard InChI is InChI=1S/C25H39NO2/c1-3-5-7-8-9-10-11-12-13-14-15-23-20-22-19-21(25(27)28)16-17-24(22)26(23)18-6-4-2/h16-17,19-20H,3-15,18H2,1-2H3,(H,27,28). The fourth-order valence-corrected chi connectivity index (χ4v) is 4.04. The van der Waals surface area contributed by atoms with Crippen LogP contribution in [0.1, 0.15) is 107 Å². The number of aryl methyl sites for hydroxylation is 2. The number of unbranched alkanes of at least 4 members (excludes halogenated alkanes) is 10. The van der Waals surface area contributed by atoms with Gasteiger partial charge in [-0.1, -0.05) is 78.1 Å². The van der Waals surface area contributed by atoms with Gasteiger partial charge in [0.25, 0.3) is 0 Å². The van der Waals surface area contributed by atoms with E-state index in [1.165, 1.54) is 81.8 Å². The van der Waals surface area contributed by atoms with E-state index in [1.54, 1.807) is 6.07 Å². The Morgan fingerprint density at radius 3 is 2.04 bits per heavy atom. The van der Waals surface area contributed by atoms with Gasteiger partial charge in [0.05, 0.1) is 5.56 Å². The molecule has 28 heavy (non-hydrogen) atoms. The van der Waals surface area contributed by atoms with Gasteiger partial charge in [0.2, 0.25) is 0 Å². The summed E-state index contributed by atoms with van der Waals surface area (Å²) in [5, 5.41) is 10.3. The van der Waals surface area contributed by atoms with Crippen molar-refractivity contribution in [1.29, 1.82) is 0 Å². The lowest BCUT2D eigenvalue weighted by atomic mass is 10.1. The van der Waals surface area contributed by atoms with Crippen molar-refractivity contribution >= 4 is 16.9 Å². The molecule has 0 amide bonds. The minimum absolute atomic E-state index is 0.380. The molecule has 1 aromatic carbocycles. The Bertz CT molecular complexity index is 717. The average Bonchev–Trinajstić information content (AvgIpc) is 3.04. The molecule has 0 aliphatic rings. The number of hydrogen-bond acceptors (Lipinski definition) is 1. The monoisotopic (exact) mass is 385 g/mol. The molecule has 2 rings (SSSR count). The number of fused-ring (bicyclic) bond motifs is 1. The number of carboxylic acid groups (broad SMARTS) is 1. The van der Waals surface area contributed by atoms with E-state index in [9.17, 15) is 9.90 Å². The van der Waals surface area contributed by atoms with E-state index in [0.717, 1.165) is 24.8 Å². The molecule has 1 aromatic heterocycles. The van der Waals surface area contributed by atoms with E-state index < -0.39 is 5.97 Å². The maximum absolute atomic E-state index is 11.3. The van der Waals surface area contributed by atoms with Crippen LogP contribution in [0.15, 0.2) is 24.3 Å². The zero-order valence-corrected chi connectivity index (χ0v) is 18.0. The maximum atomic E-state index is 11.3. The summed E-state index contributed by atoms with van der Waals surface area (Å²) in [6.07, 6.45) is 17.0. The molecule has 156 valence electrons. The van der Waals surface area contributed by atoms with E-state index in [-0.39, 0.29) is 0 Å². The number of hydrogen-bond donors (Lipinski definition) is 1. The Labute approximate surface area is 171 Å². The maximum Gasteiger partial charge on any atom is 0.335 e. The van der Waals surface area contributed by atoms with Crippen LogP contribution >= 0.6 is 0 Å². The van der Waals surface area contributed by atoms with Gasteiger partial charge >= 0.3 is 5.97 Å². The van der Waals surface area contributed by atoms with Crippen molar-refractivity contribution in [2.75, 3.05) is 0 Å². The van der Waals surface area contributed by atoms with Crippen molar-refractivity contribution in [2.24, 2.45) is 0 Å². The van der Waals surface area contributed by atoms with Crippen LogP contribution in [0.4, 0.5) is 0 Å². The molecule has 0 unspecified atom stereocenters. The molecule has 0 aliphatic carbocycles. The number of aromatic nitrogens is 1. The quantitative estimate of drug-likeness (QED) is 0.321. The Morgan fingerprint density at radius 1 is 0.821 bits per heavy atom. The van der Waals surface area contributed by atoms with Gasteiger partial charge in [0.1, 0.15) is 0 Å². The second kappa shape index (κ2) is 12.6. The normalized spacial score (nSPS) is 11.4. The van der Waals surface area contributed by atoms with Gasteiger partial charge in [-0.15, -0.1) is 0 Å². The highest BCUT2D eigenvalue weighted by Gasteiger charge is 2.11. The minimum Gasteiger partial charge on any atom is -0.478 e. The third-order valence-electron chi connectivity index (χ3n) is 5.76. The third-order valence-corrected chi connectivity index (χ3v) is 5.76. The zero-order chi connectivity index (χ0) is 20.2. The molecule has 1 N–H and O–H groups in total. The first-order chi connectivity index (χ1) is 13.7. The number of aromatic carboxylic acids is 1. The molecule has 0 spiro atoms. The Hall–Kier alpha value is -1.77. The van der Waals surface area contributed by atoms with Crippen LogP contribution in [-0.2, 0) is 13.0 Å². The molecular formula is C25H39NO2. The lowest BCUT2D eigenvalue weighted by Gasteiger charge is -2.10. The highest BCUT2D eigenvalue weighted by molar-refractivity contribution is 5.94. The van der Waals surface area contributed by atoms with Crippen LogP contribution < -0.4 is 0 Å². The van der Waals surface area contributed by atoms with Crippen molar-refractivity contribution in [3.8, 4) is 0 Å². The molecule has 0 fully saturated rings. The molecule has 0 saturated carbocycles. The SMILES string of the molecule is CCCCCCCCCCCCc1cc2cc(C(=O)O)ccc2n1CCCC. The zero-order valence-electron chi connectivity index (χ0n) is 18.0. The summed E-state index contributed by atoms with van der Waals surface area (Å²) in [5.74, 6) is -0.848. The van der Waals surface area contributed by atoms with Crippen molar-refractivity contribution in [3.63, 3.8) is 0 Å². The van der Waals surface area contributed by atoms with Gasteiger partial charge in [0.15, 0.2) is 0 Å². The highest BCUT2D eigenvalue weighted by atomic mass is 16.4. The van der Waals surface area contributed by atoms with E-state index in [4.69, 9.17) is 0 Å². The number of carbonyl (C=O) groups is 1. The molecule has 0 saturated heterocycles. The number of nitrogens with zero attached hydrogens (tertiary/aromatic N) is 1. The van der Waals surface area contributed by atoms with E-state index in [2.05, 4.69) is 24.5 Å². The second-order valence-electron chi connectivity index (χ2n) is 8.15. The third kappa shape index (κ3) is 7.00. The van der Waals surface area contributed by atoms with Crippen molar-refractivity contribution in [1.82, 2.24) is 4.57 Å². The predicted molar refractivity (Wildman–Crippen MR) is 119 cm³/mol. The summed E-state index contributed by atoms with van der Waals surface area (Å²) in [6, 6.07) is 7.75. The molecule has 0 radical (unpaired) electrons. The minimum atomic E-state index is -0.848. The molecule has 1 heterocycles. The lowest BCUT2D eigenvalue weighted by molar-refractivity contribution is 0.0697. The van der Waals surface area contributed by atoms with Crippen molar-refractivity contribution in [2.45, 2.75) is 104 Å². The highest BCUT2D eigenvalue weighted by Crippen LogP contribution is 2.24. The molecule has 3 nitrogen and oxygen atoms in total. The largest absolute Gasteiger partial charge is 0.478 e. The average molecular weight is 386 g/mol. The van der Waals surface area contributed by atoms with Crippen LogP contribution in [0.3, 0.4) is 0 Å². The summed E-state index contributed by atoms with van der Waals surface area (Å²) >= 11 is 0. The van der Waals surface area contributed by atoms with Crippen molar-refractivity contribution in [3.05, 3.63) is 35.5 Å². The lowest BCUT2D eigenvalue weighted by Crippen LogP contribution is -2.03. The topological polar surface area (TPSA) is 42.2 Å². The van der Waals surface area contributed by atoms with Crippen LogP contribution in [0, 0.1) is 0 Å². The van der Waals surface area contributed by atoms with E-state index >= 15 is 0 Å². The molecule has 2 aromatic rings. The fourth-order valence-electron chi connectivity index (χ4n) is 4.04. The van der Waals surface area contributed by atoms with E-state index in [0.29, 0.717) is 5.56 Å². The van der Waals surface area contributed by atoms with Crippen LogP contribution in [0.2, 0.25) is 0 Å². The van der Waals surface area contributed by atoms with Gasteiger partial charge < -0.3 is 9.67 Å². The van der Waals surface area contributed by atoms with Crippen LogP contribution in [0.25, 0.3) is 10.9 Å². The summed E-state index contributed by atoms with van der Waals surface area (Å²) in [6.45, 7) is 5.52. The summed E-state index contributed by atoms with van der Waals surface area (Å²) in [5.41, 5.74) is 2.93. The first-order valence-electron chi connectivity index (χ1n) is 11.5. The summed E-state index contributed by atoms with van der Waals surface area (Å²) in [7, 11) is 0. The molecule has 3 heteroatoms. The van der Waals surface area contributed by atoms with Gasteiger partial charge in [-0.25, -0.2) is 4.79 Å². The first kappa shape index (κ1) is 22.5. The predicted octanol–water partition coefficient (Wildman–Crippen LogP) is 7.60. The van der Waals surface area contributed by atoms with Gasteiger partial charge in [0, 0.05) is 23.1 Å². The Kier molecular flexibility index (Phi) is 10.2. The molecular weight excluding hydrogens is 346 g/mol. The number of carboxylic acids is 1.